The number of hydrogen-bond acceptors (Lipinski definition) is 6. The fraction of sp³-hybridized carbons (Fsp3) is 0.348. The Morgan fingerprint density at radius 2 is 1.90 bits per heavy atom. The lowest BCUT2D eigenvalue weighted by Gasteiger charge is -2.13. The van der Waals surface area contributed by atoms with Crippen molar-refractivity contribution in [2.24, 2.45) is 5.10 Å². The largest absolute Gasteiger partial charge is 0.493 e. The molecule has 0 saturated carbocycles. The average molecular weight is 459 g/mol. The van der Waals surface area contributed by atoms with E-state index in [-0.39, 0.29) is 6.10 Å². The maximum absolute atomic E-state index is 5.98. The quantitative estimate of drug-likeness (QED) is 0.281. The second-order valence-corrected chi connectivity index (χ2v) is 8.58. The number of halogens is 1. The van der Waals surface area contributed by atoms with Crippen LogP contribution in [0.4, 0.5) is 0 Å². The highest BCUT2D eigenvalue weighted by Crippen LogP contribution is 2.29. The summed E-state index contributed by atoms with van der Waals surface area (Å²) < 4.78 is 13.1. The minimum Gasteiger partial charge on any atom is -0.493 e. The first-order chi connectivity index (χ1) is 15.0. The first kappa shape index (κ1) is 23.2. The molecule has 1 heterocycles. The Morgan fingerprint density at radius 3 is 2.58 bits per heavy atom. The Hall–Kier alpha value is -2.51. The van der Waals surface area contributed by atoms with Crippen LogP contribution >= 0.6 is 23.4 Å². The van der Waals surface area contributed by atoms with E-state index in [4.69, 9.17) is 21.1 Å². The molecule has 31 heavy (non-hydrogen) atoms. The van der Waals surface area contributed by atoms with Crippen LogP contribution in [0.25, 0.3) is 0 Å². The van der Waals surface area contributed by atoms with Gasteiger partial charge in [0.2, 0.25) is 5.16 Å². The molecule has 1 aromatic heterocycles. The standard InChI is InChI=1S/C23H27ClN4O2S/c1-5-6-22-26-27-23(31-15-17-7-10-19(24)11-8-17)28(22)25-14-18-9-12-20(30-16(2)3)21(13-18)29-4/h7-14,16H,5-6,15H2,1-4H3/b25-14-. The van der Waals surface area contributed by atoms with Gasteiger partial charge in [-0.25, -0.2) is 0 Å². The first-order valence-corrected chi connectivity index (χ1v) is 11.6. The van der Waals surface area contributed by atoms with Crippen molar-refractivity contribution in [3.8, 4) is 11.5 Å². The molecule has 8 heteroatoms. The van der Waals surface area contributed by atoms with Gasteiger partial charge >= 0.3 is 0 Å². The van der Waals surface area contributed by atoms with E-state index in [9.17, 15) is 0 Å². The molecule has 0 aliphatic rings. The Morgan fingerprint density at radius 1 is 1.13 bits per heavy atom. The third-order valence-electron chi connectivity index (χ3n) is 4.30. The molecular formula is C23H27ClN4O2S. The number of aromatic nitrogens is 3. The van der Waals surface area contributed by atoms with Gasteiger partial charge in [0.05, 0.1) is 19.4 Å². The minimum absolute atomic E-state index is 0.0715. The minimum atomic E-state index is 0.0715. The van der Waals surface area contributed by atoms with Gasteiger partial charge in [-0.2, -0.15) is 9.78 Å². The van der Waals surface area contributed by atoms with Crippen molar-refractivity contribution in [1.82, 2.24) is 14.9 Å². The highest BCUT2D eigenvalue weighted by Gasteiger charge is 2.12. The number of rotatable bonds is 10. The summed E-state index contributed by atoms with van der Waals surface area (Å²) in [6.45, 7) is 6.08. The normalized spacial score (nSPS) is 11.4. The summed E-state index contributed by atoms with van der Waals surface area (Å²) in [5.41, 5.74) is 2.06. The predicted octanol–water partition coefficient (Wildman–Crippen LogP) is 5.85. The first-order valence-electron chi connectivity index (χ1n) is 10.2. The number of hydrogen-bond donors (Lipinski definition) is 0. The molecule has 0 amide bonds. The van der Waals surface area contributed by atoms with Crippen LogP contribution in [0.15, 0.2) is 52.7 Å². The van der Waals surface area contributed by atoms with Gasteiger partial charge in [-0.05, 0) is 61.7 Å². The van der Waals surface area contributed by atoms with Crippen molar-refractivity contribution in [3.63, 3.8) is 0 Å². The number of nitrogens with zero attached hydrogens (tertiary/aromatic N) is 4. The van der Waals surface area contributed by atoms with E-state index in [1.165, 1.54) is 0 Å². The van der Waals surface area contributed by atoms with E-state index in [1.807, 2.05) is 61.0 Å². The number of benzene rings is 2. The van der Waals surface area contributed by atoms with Crippen molar-refractivity contribution in [3.05, 3.63) is 64.4 Å². The number of methoxy groups -OCH3 is 1. The third-order valence-corrected chi connectivity index (χ3v) is 5.55. The molecule has 0 bridgehead atoms. The fourth-order valence-corrected chi connectivity index (χ4v) is 3.84. The third kappa shape index (κ3) is 6.48. The molecule has 0 N–H and O–H groups in total. The SMILES string of the molecule is CCCc1nnc(SCc2ccc(Cl)cc2)n1/N=C\c1ccc(OC(C)C)c(OC)c1. The van der Waals surface area contributed by atoms with E-state index in [0.29, 0.717) is 11.5 Å². The number of aryl methyl sites for hydroxylation is 1. The van der Waals surface area contributed by atoms with Crippen LogP contribution in [0.2, 0.25) is 5.02 Å². The van der Waals surface area contributed by atoms with Crippen molar-refractivity contribution in [1.29, 1.82) is 0 Å². The van der Waals surface area contributed by atoms with Crippen LogP contribution in [0.1, 0.15) is 44.1 Å². The summed E-state index contributed by atoms with van der Waals surface area (Å²) in [5.74, 6) is 2.98. The summed E-state index contributed by atoms with van der Waals surface area (Å²) in [6.07, 6.45) is 3.62. The zero-order chi connectivity index (χ0) is 22.2. The highest BCUT2D eigenvalue weighted by molar-refractivity contribution is 7.98. The molecule has 0 unspecified atom stereocenters. The van der Waals surface area contributed by atoms with Gasteiger partial charge in [-0.1, -0.05) is 42.4 Å². The Labute approximate surface area is 192 Å². The van der Waals surface area contributed by atoms with Crippen molar-refractivity contribution in [2.45, 2.75) is 50.6 Å². The lowest BCUT2D eigenvalue weighted by Crippen LogP contribution is -2.07. The molecule has 0 aliphatic heterocycles. The molecule has 164 valence electrons. The molecule has 0 aliphatic carbocycles. The van der Waals surface area contributed by atoms with E-state index >= 15 is 0 Å². The smallest absolute Gasteiger partial charge is 0.212 e. The van der Waals surface area contributed by atoms with Crippen molar-refractivity contribution in [2.75, 3.05) is 7.11 Å². The predicted molar refractivity (Wildman–Crippen MR) is 127 cm³/mol. The Bertz CT molecular complexity index is 1020. The summed E-state index contributed by atoms with van der Waals surface area (Å²) >= 11 is 7.57. The summed E-state index contributed by atoms with van der Waals surface area (Å²) in [6, 6.07) is 13.6. The van der Waals surface area contributed by atoms with Crippen LogP contribution < -0.4 is 9.47 Å². The van der Waals surface area contributed by atoms with Crippen molar-refractivity contribution >= 4 is 29.6 Å². The van der Waals surface area contributed by atoms with Gasteiger partial charge in [0.15, 0.2) is 17.3 Å². The second kappa shape index (κ2) is 11.2. The van der Waals surface area contributed by atoms with Gasteiger partial charge in [-0.15, -0.1) is 10.2 Å². The number of thioether (sulfide) groups is 1. The monoisotopic (exact) mass is 458 g/mol. The van der Waals surface area contributed by atoms with Crippen LogP contribution in [-0.2, 0) is 12.2 Å². The van der Waals surface area contributed by atoms with Crippen LogP contribution in [0, 0.1) is 0 Å². The number of ether oxygens (including phenoxy) is 2. The molecule has 0 radical (unpaired) electrons. The molecule has 0 spiro atoms. The molecule has 3 aromatic rings. The molecule has 3 rings (SSSR count). The maximum Gasteiger partial charge on any atom is 0.212 e. The average Bonchev–Trinajstić information content (AvgIpc) is 3.14. The van der Waals surface area contributed by atoms with Crippen LogP contribution in [-0.4, -0.2) is 34.3 Å². The molecule has 0 atom stereocenters. The topological polar surface area (TPSA) is 61.5 Å². The molecule has 0 fully saturated rings. The summed E-state index contributed by atoms with van der Waals surface area (Å²) in [4.78, 5) is 0. The zero-order valence-electron chi connectivity index (χ0n) is 18.2. The van der Waals surface area contributed by atoms with E-state index < -0.39 is 0 Å². The maximum atomic E-state index is 5.98. The van der Waals surface area contributed by atoms with Crippen LogP contribution in [0.3, 0.4) is 0 Å². The van der Waals surface area contributed by atoms with Gasteiger partial charge in [-0.3, -0.25) is 0 Å². The molecule has 2 aromatic carbocycles. The Balaban J connectivity index is 1.81. The van der Waals surface area contributed by atoms with Crippen molar-refractivity contribution < 1.29 is 9.47 Å². The van der Waals surface area contributed by atoms with Crippen LogP contribution in [0.5, 0.6) is 11.5 Å². The second-order valence-electron chi connectivity index (χ2n) is 7.20. The lowest BCUT2D eigenvalue weighted by atomic mass is 10.2. The van der Waals surface area contributed by atoms with E-state index in [1.54, 1.807) is 25.1 Å². The summed E-state index contributed by atoms with van der Waals surface area (Å²) in [5, 5.41) is 14.8. The summed E-state index contributed by atoms with van der Waals surface area (Å²) in [7, 11) is 1.63. The van der Waals surface area contributed by atoms with E-state index in [0.717, 1.165) is 45.7 Å². The van der Waals surface area contributed by atoms with Gasteiger partial charge in [0, 0.05) is 17.2 Å². The Kier molecular flexibility index (Phi) is 8.37. The lowest BCUT2D eigenvalue weighted by molar-refractivity contribution is 0.230. The molecule has 0 saturated heterocycles. The molecule has 6 nitrogen and oxygen atoms in total. The highest BCUT2D eigenvalue weighted by atomic mass is 35.5. The van der Waals surface area contributed by atoms with E-state index in [2.05, 4.69) is 22.2 Å². The fourth-order valence-electron chi connectivity index (χ4n) is 2.85. The van der Waals surface area contributed by atoms with Gasteiger partial charge < -0.3 is 9.47 Å². The van der Waals surface area contributed by atoms with Gasteiger partial charge in [0.25, 0.3) is 0 Å². The zero-order valence-corrected chi connectivity index (χ0v) is 19.8. The molecular weight excluding hydrogens is 432 g/mol. The van der Waals surface area contributed by atoms with Gasteiger partial charge in [0.1, 0.15) is 0 Å².